The maximum atomic E-state index is 12.2. The zero-order valence-electron chi connectivity index (χ0n) is 15.4. The summed E-state index contributed by atoms with van der Waals surface area (Å²) in [5, 5.41) is 2.76. The molecule has 1 aromatic rings. The molecule has 8 heteroatoms. The van der Waals surface area contributed by atoms with Crippen molar-refractivity contribution < 1.29 is 19.1 Å². The molecular weight excluding hydrogens is 336 g/mol. The molecule has 26 heavy (non-hydrogen) atoms. The summed E-state index contributed by atoms with van der Waals surface area (Å²) in [6.07, 6.45) is 0.501. The van der Waals surface area contributed by atoms with Crippen LogP contribution >= 0.6 is 0 Å². The van der Waals surface area contributed by atoms with Gasteiger partial charge in [0.05, 0.1) is 12.6 Å². The zero-order valence-corrected chi connectivity index (χ0v) is 15.4. The van der Waals surface area contributed by atoms with Gasteiger partial charge in [-0.05, 0) is 37.1 Å². The molecule has 1 aromatic carbocycles. The first-order valence-electron chi connectivity index (χ1n) is 8.55. The van der Waals surface area contributed by atoms with Crippen LogP contribution in [0.1, 0.15) is 18.4 Å². The number of aryl methyl sites for hydroxylation is 1. The predicted molar refractivity (Wildman–Crippen MR) is 98.9 cm³/mol. The van der Waals surface area contributed by atoms with Gasteiger partial charge in [0, 0.05) is 38.4 Å². The summed E-state index contributed by atoms with van der Waals surface area (Å²) in [5.41, 5.74) is 8.14. The molecule has 1 aliphatic rings. The van der Waals surface area contributed by atoms with Crippen molar-refractivity contribution >= 4 is 29.1 Å². The Morgan fingerprint density at radius 1 is 1.38 bits per heavy atom. The van der Waals surface area contributed by atoms with Gasteiger partial charge in [0.1, 0.15) is 6.61 Å². The number of morpholine rings is 1. The topological polar surface area (TPSA) is 105 Å². The van der Waals surface area contributed by atoms with Gasteiger partial charge < -0.3 is 25.6 Å². The standard InChI is InChI=1S/C18H26N4O4/c1-12-10-13(4-6-15(12)22-8-9-26-11-17(22)24)20-18(25)14(19)5-7-16(23)21(2)3/h4,6,10,14H,5,7-9,11,19H2,1-3H3,(H,20,25). The molecule has 2 rings (SSSR count). The number of rotatable bonds is 6. The average molecular weight is 362 g/mol. The minimum Gasteiger partial charge on any atom is -0.370 e. The van der Waals surface area contributed by atoms with Gasteiger partial charge in [0.2, 0.25) is 11.8 Å². The Hall–Kier alpha value is -2.45. The Balaban J connectivity index is 1.97. The largest absolute Gasteiger partial charge is 0.370 e. The van der Waals surface area contributed by atoms with Crippen molar-refractivity contribution in [3.05, 3.63) is 23.8 Å². The maximum Gasteiger partial charge on any atom is 0.253 e. The number of hydrogen-bond acceptors (Lipinski definition) is 5. The lowest BCUT2D eigenvalue weighted by atomic mass is 10.1. The number of amides is 3. The van der Waals surface area contributed by atoms with Crippen molar-refractivity contribution in [3.63, 3.8) is 0 Å². The van der Waals surface area contributed by atoms with E-state index >= 15 is 0 Å². The molecule has 0 saturated carbocycles. The number of carbonyl (C=O) groups is 3. The highest BCUT2D eigenvalue weighted by Crippen LogP contribution is 2.25. The molecule has 8 nitrogen and oxygen atoms in total. The predicted octanol–water partition coefficient (Wildman–Crippen LogP) is 0.492. The molecule has 1 saturated heterocycles. The lowest BCUT2D eigenvalue weighted by Crippen LogP contribution is -2.42. The SMILES string of the molecule is Cc1cc(NC(=O)C(N)CCC(=O)N(C)C)ccc1N1CCOCC1=O. The van der Waals surface area contributed by atoms with Crippen molar-refractivity contribution in [2.75, 3.05) is 44.1 Å². The Morgan fingerprint density at radius 2 is 2.12 bits per heavy atom. The van der Waals surface area contributed by atoms with Crippen molar-refractivity contribution in [2.45, 2.75) is 25.8 Å². The van der Waals surface area contributed by atoms with Crippen LogP contribution in [0.25, 0.3) is 0 Å². The summed E-state index contributed by atoms with van der Waals surface area (Å²) in [6.45, 7) is 2.97. The second kappa shape index (κ2) is 8.77. The molecule has 142 valence electrons. The van der Waals surface area contributed by atoms with E-state index in [0.717, 1.165) is 11.3 Å². The highest BCUT2D eigenvalue weighted by Gasteiger charge is 2.22. The average Bonchev–Trinajstić information content (AvgIpc) is 2.60. The van der Waals surface area contributed by atoms with Gasteiger partial charge in [-0.25, -0.2) is 0 Å². The van der Waals surface area contributed by atoms with Gasteiger partial charge >= 0.3 is 0 Å². The molecule has 1 aliphatic heterocycles. The number of nitrogens with one attached hydrogen (secondary N) is 1. The number of benzene rings is 1. The van der Waals surface area contributed by atoms with E-state index in [1.54, 1.807) is 37.2 Å². The van der Waals surface area contributed by atoms with Crippen LogP contribution in [0.15, 0.2) is 18.2 Å². The quantitative estimate of drug-likeness (QED) is 0.766. The van der Waals surface area contributed by atoms with Gasteiger partial charge in [-0.1, -0.05) is 0 Å². The Kier molecular flexibility index (Phi) is 6.70. The maximum absolute atomic E-state index is 12.2. The van der Waals surface area contributed by atoms with Crippen LogP contribution in [-0.2, 0) is 19.1 Å². The molecule has 0 bridgehead atoms. The van der Waals surface area contributed by atoms with E-state index in [1.807, 2.05) is 6.92 Å². The van der Waals surface area contributed by atoms with Crippen molar-refractivity contribution in [1.29, 1.82) is 0 Å². The molecule has 1 fully saturated rings. The molecule has 1 atom stereocenters. The third-order valence-electron chi connectivity index (χ3n) is 4.25. The fourth-order valence-corrected chi connectivity index (χ4v) is 2.68. The minimum absolute atomic E-state index is 0.0661. The van der Waals surface area contributed by atoms with E-state index in [0.29, 0.717) is 18.8 Å². The molecule has 3 amide bonds. The van der Waals surface area contributed by atoms with E-state index in [2.05, 4.69) is 5.32 Å². The number of hydrogen-bond donors (Lipinski definition) is 2. The fraction of sp³-hybridized carbons (Fsp3) is 0.500. The van der Waals surface area contributed by atoms with Gasteiger partial charge in [-0.3, -0.25) is 14.4 Å². The minimum atomic E-state index is -0.764. The summed E-state index contributed by atoms with van der Waals surface area (Å²) >= 11 is 0. The van der Waals surface area contributed by atoms with Crippen molar-refractivity contribution in [3.8, 4) is 0 Å². The van der Waals surface area contributed by atoms with Crippen molar-refractivity contribution in [1.82, 2.24) is 4.90 Å². The van der Waals surface area contributed by atoms with Crippen LogP contribution in [0.4, 0.5) is 11.4 Å². The molecule has 3 N–H and O–H groups in total. The van der Waals surface area contributed by atoms with Gasteiger partial charge in [0.25, 0.3) is 5.91 Å². The highest BCUT2D eigenvalue weighted by molar-refractivity contribution is 5.97. The summed E-state index contributed by atoms with van der Waals surface area (Å²) in [5.74, 6) is -0.488. The number of nitrogens with two attached hydrogens (primary N) is 1. The first kappa shape index (κ1) is 19.9. The van der Waals surface area contributed by atoms with Gasteiger partial charge in [0.15, 0.2) is 0 Å². The Morgan fingerprint density at radius 3 is 2.73 bits per heavy atom. The van der Waals surface area contributed by atoms with Crippen LogP contribution in [0.2, 0.25) is 0 Å². The summed E-state index contributed by atoms with van der Waals surface area (Å²) in [7, 11) is 3.33. The van der Waals surface area contributed by atoms with Crippen LogP contribution < -0.4 is 16.0 Å². The Bertz CT molecular complexity index is 690. The molecule has 0 aromatic heterocycles. The van der Waals surface area contributed by atoms with E-state index in [4.69, 9.17) is 10.5 Å². The van der Waals surface area contributed by atoms with E-state index in [1.165, 1.54) is 4.90 Å². The lowest BCUT2D eigenvalue weighted by Gasteiger charge is -2.28. The second-order valence-electron chi connectivity index (χ2n) is 6.52. The number of carbonyl (C=O) groups excluding carboxylic acids is 3. The molecule has 0 spiro atoms. The van der Waals surface area contributed by atoms with Crippen LogP contribution in [0.5, 0.6) is 0 Å². The molecule has 0 aliphatic carbocycles. The molecule has 0 radical (unpaired) electrons. The van der Waals surface area contributed by atoms with E-state index < -0.39 is 6.04 Å². The zero-order chi connectivity index (χ0) is 19.3. The Labute approximate surface area is 153 Å². The normalized spacial score (nSPS) is 15.5. The molecule has 1 heterocycles. The van der Waals surface area contributed by atoms with Crippen LogP contribution in [0.3, 0.4) is 0 Å². The smallest absolute Gasteiger partial charge is 0.253 e. The van der Waals surface area contributed by atoms with Crippen LogP contribution in [0, 0.1) is 6.92 Å². The van der Waals surface area contributed by atoms with Crippen LogP contribution in [-0.4, -0.2) is 62.5 Å². The van der Waals surface area contributed by atoms with Gasteiger partial charge in [-0.15, -0.1) is 0 Å². The fourth-order valence-electron chi connectivity index (χ4n) is 2.68. The highest BCUT2D eigenvalue weighted by atomic mass is 16.5. The third kappa shape index (κ3) is 5.03. The van der Waals surface area contributed by atoms with E-state index in [-0.39, 0.29) is 37.2 Å². The molecule has 1 unspecified atom stereocenters. The summed E-state index contributed by atoms with van der Waals surface area (Å²) in [4.78, 5) is 38.9. The lowest BCUT2D eigenvalue weighted by molar-refractivity contribution is -0.129. The number of anilines is 2. The second-order valence-corrected chi connectivity index (χ2v) is 6.52. The number of ether oxygens (including phenoxy) is 1. The van der Waals surface area contributed by atoms with E-state index in [9.17, 15) is 14.4 Å². The van der Waals surface area contributed by atoms with Crippen molar-refractivity contribution in [2.24, 2.45) is 5.73 Å². The van der Waals surface area contributed by atoms with Gasteiger partial charge in [-0.2, -0.15) is 0 Å². The monoisotopic (exact) mass is 362 g/mol. The first-order chi connectivity index (χ1) is 12.3. The summed E-state index contributed by atoms with van der Waals surface area (Å²) < 4.78 is 5.14. The third-order valence-corrected chi connectivity index (χ3v) is 4.25. The first-order valence-corrected chi connectivity index (χ1v) is 8.55. The number of nitrogens with zero attached hydrogens (tertiary/aromatic N) is 2. The molecular formula is C18H26N4O4. The summed E-state index contributed by atoms with van der Waals surface area (Å²) in [6, 6.07) is 4.57.